The highest BCUT2D eigenvalue weighted by atomic mass is 127. The van der Waals surface area contributed by atoms with E-state index in [4.69, 9.17) is 5.11 Å². The van der Waals surface area contributed by atoms with Gasteiger partial charge in [-0.25, -0.2) is 4.79 Å². The number of hydrogen-bond donors (Lipinski definition) is 3. The number of nitrogens with one attached hydrogen (secondary N) is 2. The topological polar surface area (TPSA) is 78.4 Å². The van der Waals surface area contributed by atoms with Gasteiger partial charge in [0.25, 0.3) is 0 Å². The smallest absolute Gasteiger partial charge is 0.319 e. The molecule has 19 heavy (non-hydrogen) atoms. The number of carboxylic acids is 1. The number of hydrogen-bond acceptors (Lipinski definition) is 2. The van der Waals surface area contributed by atoms with Gasteiger partial charge >= 0.3 is 12.0 Å². The van der Waals surface area contributed by atoms with Crippen molar-refractivity contribution in [3.05, 3.63) is 27.8 Å². The lowest BCUT2D eigenvalue weighted by Gasteiger charge is -2.10. The van der Waals surface area contributed by atoms with E-state index in [2.05, 4.69) is 33.2 Å². The average molecular weight is 376 g/mol. The van der Waals surface area contributed by atoms with E-state index < -0.39 is 5.97 Å². The van der Waals surface area contributed by atoms with Gasteiger partial charge in [0, 0.05) is 10.1 Å². The number of aliphatic carboxylic acids is 1. The fraction of sp³-hybridized carbons (Fsp3) is 0.385. The van der Waals surface area contributed by atoms with E-state index in [9.17, 15) is 9.59 Å². The third kappa shape index (κ3) is 5.91. The van der Waals surface area contributed by atoms with Gasteiger partial charge in [-0.15, -0.1) is 0 Å². The summed E-state index contributed by atoms with van der Waals surface area (Å²) in [6, 6.07) is 7.22. The van der Waals surface area contributed by atoms with E-state index in [1.807, 2.05) is 24.3 Å². The largest absolute Gasteiger partial charge is 0.481 e. The fourth-order valence-electron chi connectivity index (χ4n) is 1.46. The van der Waals surface area contributed by atoms with Gasteiger partial charge in [-0.3, -0.25) is 4.79 Å². The first kappa shape index (κ1) is 15.7. The first-order valence-corrected chi connectivity index (χ1v) is 7.10. The summed E-state index contributed by atoms with van der Waals surface area (Å²) in [6.07, 6.45) is 1.20. The molecule has 1 unspecified atom stereocenters. The van der Waals surface area contributed by atoms with Gasteiger partial charge in [-0.05, 0) is 47.6 Å². The summed E-state index contributed by atoms with van der Waals surface area (Å²) in [4.78, 5) is 22.2. The van der Waals surface area contributed by atoms with Gasteiger partial charge in [0.15, 0.2) is 0 Å². The predicted molar refractivity (Wildman–Crippen MR) is 82.2 cm³/mol. The molecule has 1 aromatic rings. The number of urea groups is 1. The van der Waals surface area contributed by atoms with Gasteiger partial charge in [-0.2, -0.15) is 0 Å². The van der Waals surface area contributed by atoms with Crippen LogP contribution in [0.25, 0.3) is 0 Å². The SMILES string of the molecule is CC(CCCNC(=O)Nc1ccccc1I)C(=O)O. The minimum absolute atomic E-state index is 0.271. The van der Waals surface area contributed by atoms with Crippen molar-refractivity contribution in [1.29, 1.82) is 0 Å². The normalized spacial score (nSPS) is 11.7. The van der Waals surface area contributed by atoms with Crippen molar-refractivity contribution in [1.82, 2.24) is 5.32 Å². The first-order chi connectivity index (χ1) is 9.00. The third-order valence-electron chi connectivity index (χ3n) is 2.64. The second kappa shape index (κ2) is 7.98. The van der Waals surface area contributed by atoms with Crippen molar-refractivity contribution in [3.63, 3.8) is 0 Å². The molecule has 0 fully saturated rings. The molecule has 0 aromatic heterocycles. The molecule has 0 aliphatic heterocycles. The highest BCUT2D eigenvalue weighted by Crippen LogP contribution is 2.16. The standard InChI is InChI=1S/C13H17IN2O3/c1-9(12(17)18)5-4-8-15-13(19)16-11-7-3-2-6-10(11)14/h2-3,6-7,9H,4-5,8H2,1H3,(H,17,18)(H2,15,16,19). The number of halogens is 1. The Balaban J connectivity index is 2.26. The fourth-order valence-corrected chi connectivity index (χ4v) is 1.98. The van der Waals surface area contributed by atoms with Gasteiger partial charge in [0.1, 0.15) is 0 Å². The Kier molecular flexibility index (Phi) is 6.61. The lowest BCUT2D eigenvalue weighted by atomic mass is 10.1. The summed E-state index contributed by atoms with van der Waals surface area (Å²) in [7, 11) is 0. The highest BCUT2D eigenvalue weighted by molar-refractivity contribution is 14.1. The molecule has 6 heteroatoms. The molecule has 0 spiro atoms. The van der Waals surface area contributed by atoms with Crippen molar-refractivity contribution < 1.29 is 14.7 Å². The van der Waals surface area contributed by atoms with Crippen LogP contribution in [0.15, 0.2) is 24.3 Å². The number of carbonyl (C=O) groups excluding carboxylic acids is 1. The summed E-state index contributed by atoms with van der Waals surface area (Å²) in [6.45, 7) is 2.13. The minimum Gasteiger partial charge on any atom is -0.481 e. The molecule has 0 aliphatic rings. The van der Waals surface area contributed by atoms with Crippen LogP contribution in [0.1, 0.15) is 19.8 Å². The Morgan fingerprint density at radius 3 is 2.68 bits per heavy atom. The Morgan fingerprint density at radius 1 is 1.37 bits per heavy atom. The number of benzene rings is 1. The number of carboxylic acid groups (broad SMARTS) is 1. The van der Waals surface area contributed by atoms with E-state index in [0.717, 1.165) is 9.26 Å². The molecule has 104 valence electrons. The molecular formula is C13H17IN2O3. The number of carbonyl (C=O) groups is 2. The van der Waals surface area contributed by atoms with Crippen LogP contribution in [0, 0.1) is 9.49 Å². The predicted octanol–water partition coefficient (Wildman–Crippen LogP) is 2.91. The quantitative estimate of drug-likeness (QED) is 0.528. The molecule has 0 saturated heterocycles. The molecular weight excluding hydrogens is 359 g/mol. The van der Waals surface area contributed by atoms with E-state index in [1.54, 1.807) is 6.92 Å². The number of rotatable bonds is 6. The van der Waals surface area contributed by atoms with Crippen LogP contribution in [0.4, 0.5) is 10.5 Å². The number of para-hydroxylation sites is 1. The average Bonchev–Trinajstić information content (AvgIpc) is 2.37. The monoisotopic (exact) mass is 376 g/mol. The maximum atomic E-state index is 11.6. The summed E-state index contributed by atoms with van der Waals surface area (Å²) < 4.78 is 0.967. The molecule has 1 rings (SSSR count). The molecule has 3 N–H and O–H groups in total. The Labute approximate surface area is 125 Å². The first-order valence-electron chi connectivity index (χ1n) is 6.03. The van der Waals surface area contributed by atoms with Crippen LogP contribution >= 0.6 is 22.6 Å². The zero-order valence-electron chi connectivity index (χ0n) is 10.6. The molecule has 0 aliphatic carbocycles. The van der Waals surface area contributed by atoms with Gasteiger partial charge in [0.05, 0.1) is 11.6 Å². The van der Waals surface area contributed by atoms with Crippen molar-refractivity contribution in [2.75, 3.05) is 11.9 Å². The summed E-state index contributed by atoms with van der Waals surface area (Å²) >= 11 is 2.15. The molecule has 0 radical (unpaired) electrons. The molecule has 0 bridgehead atoms. The Hall–Kier alpha value is -1.31. The lowest BCUT2D eigenvalue weighted by molar-refractivity contribution is -0.141. The Bertz CT molecular complexity index is 451. The molecule has 1 aromatic carbocycles. The van der Waals surface area contributed by atoms with Crippen LogP contribution in [0.3, 0.4) is 0 Å². The maximum absolute atomic E-state index is 11.6. The van der Waals surface area contributed by atoms with Crippen molar-refractivity contribution in [2.24, 2.45) is 5.92 Å². The van der Waals surface area contributed by atoms with Gasteiger partial charge in [0.2, 0.25) is 0 Å². The lowest BCUT2D eigenvalue weighted by Crippen LogP contribution is -2.30. The van der Waals surface area contributed by atoms with Crippen LogP contribution in [0.2, 0.25) is 0 Å². The zero-order valence-corrected chi connectivity index (χ0v) is 12.8. The van der Waals surface area contributed by atoms with E-state index in [0.29, 0.717) is 19.4 Å². The second-order valence-corrected chi connectivity index (χ2v) is 5.40. The Morgan fingerprint density at radius 2 is 2.05 bits per heavy atom. The van der Waals surface area contributed by atoms with E-state index in [1.165, 1.54) is 0 Å². The number of anilines is 1. The van der Waals surface area contributed by atoms with Crippen LogP contribution in [-0.2, 0) is 4.79 Å². The highest BCUT2D eigenvalue weighted by Gasteiger charge is 2.10. The maximum Gasteiger partial charge on any atom is 0.319 e. The van der Waals surface area contributed by atoms with Crippen LogP contribution in [0.5, 0.6) is 0 Å². The van der Waals surface area contributed by atoms with Crippen LogP contribution in [-0.4, -0.2) is 23.7 Å². The molecule has 5 nitrogen and oxygen atoms in total. The van der Waals surface area contributed by atoms with Crippen molar-refractivity contribution >= 4 is 40.3 Å². The van der Waals surface area contributed by atoms with Crippen molar-refractivity contribution in [2.45, 2.75) is 19.8 Å². The second-order valence-electron chi connectivity index (χ2n) is 4.24. The van der Waals surface area contributed by atoms with Crippen molar-refractivity contribution in [3.8, 4) is 0 Å². The minimum atomic E-state index is -0.803. The zero-order chi connectivity index (χ0) is 14.3. The summed E-state index contributed by atoms with van der Waals surface area (Å²) in [5.41, 5.74) is 0.763. The molecule has 2 amide bonds. The molecule has 0 saturated carbocycles. The summed E-state index contributed by atoms with van der Waals surface area (Å²) in [5, 5.41) is 14.2. The van der Waals surface area contributed by atoms with Gasteiger partial charge < -0.3 is 15.7 Å². The number of amides is 2. The van der Waals surface area contributed by atoms with Crippen LogP contribution < -0.4 is 10.6 Å². The van der Waals surface area contributed by atoms with E-state index >= 15 is 0 Å². The molecule has 0 heterocycles. The van der Waals surface area contributed by atoms with Gasteiger partial charge in [-0.1, -0.05) is 19.1 Å². The summed E-state index contributed by atoms with van der Waals surface area (Å²) in [5.74, 6) is -1.18. The van der Waals surface area contributed by atoms with E-state index in [-0.39, 0.29) is 11.9 Å². The third-order valence-corrected chi connectivity index (χ3v) is 3.58. The molecule has 1 atom stereocenters.